The van der Waals surface area contributed by atoms with Crippen LogP contribution in [0.5, 0.6) is 0 Å². The van der Waals surface area contributed by atoms with Crippen molar-refractivity contribution in [1.82, 2.24) is 9.97 Å². The maximum atomic E-state index is 4.51. The largest absolute Gasteiger partial charge is 0.234 e. The Morgan fingerprint density at radius 3 is 2.53 bits per heavy atom. The molecule has 0 saturated heterocycles. The van der Waals surface area contributed by atoms with Gasteiger partial charge in [0, 0.05) is 5.56 Å². The first kappa shape index (κ1) is 13.2. The van der Waals surface area contributed by atoms with E-state index in [1.54, 1.807) is 0 Å². The van der Waals surface area contributed by atoms with Gasteiger partial charge in [0.05, 0.1) is 11.4 Å². The first-order valence-electron chi connectivity index (χ1n) is 6.42. The molecule has 2 aromatic rings. The molecule has 0 atom stereocenters. The molecule has 2 nitrogen and oxygen atoms in total. The highest BCUT2D eigenvalue weighted by Crippen LogP contribution is 2.20. The van der Waals surface area contributed by atoms with E-state index >= 15 is 0 Å². The van der Waals surface area contributed by atoms with E-state index in [1.165, 1.54) is 0 Å². The standard InChI is InChI=1S/C17H18N2/c1-4-5-9-13(2)16-12-17(19-14(3)18-16)15-10-7-6-8-11-15/h4-12H,1-3H3/b5-4-,13-9+. The summed E-state index contributed by atoms with van der Waals surface area (Å²) in [5.74, 6) is 0.796. The summed E-state index contributed by atoms with van der Waals surface area (Å²) < 4.78 is 0. The molecule has 2 rings (SSSR count). The Labute approximate surface area is 114 Å². The highest BCUT2D eigenvalue weighted by Gasteiger charge is 2.05. The zero-order valence-electron chi connectivity index (χ0n) is 11.6. The molecule has 0 N–H and O–H groups in total. The summed E-state index contributed by atoms with van der Waals surface area (Å²) >= 11 is 0. The van der Waals surface area contributed by atoms with Crippen LogP contribution in [0.25, 0.3) is 16.8 Å². The fourth-order valence-corrected chi connectivity index (χ4v) is 1.85. The lowest BCUT2D eigenvalue weighted by Crippen LogP contribution is -1.96. The van der Waals surface area contributed by atoms with Crippen molar-refractivity contribution in [2.45, 2.75) is 20.8 Å². The Balaban J connectivity index is 2.46. The molecule has 0 aliphatic carbocycles. The Hall–Kier alpha value is -2.22. The maximum absolute atomic E-state index is 4.51. The Bertz CT molecular complexity index is 610. The molecule has 0 radical (unpaired) electrons. The van der Waals surface area contributed by atoms with E-state index in [9.17, 15) is 0 Å². The summed E-state index contributed by atoms with van der Waals surface area (Å²) in [5.41, 5.74) is 4.20. The molecule has 0 bridgehead atoms. The summed E-state index contributed by atoms with van der Waals surface area (Å²) in [6.45, 7) is 6.00. The lowest BCUT2D eigenvalue weighted by atomic mass is 10.1. The first-order valence-corrected chi connectivity index (χ1v) is 6.42. The quantitative estimate of drug-likeness (QED) is 0.753. The Kier molecular flexibility index (Phi) is 4.24. The van der Waals surface area contributed by atoms with Crippen molar-refractivity contribution in [2.24, 2.45) is 0 Å². The van der Waals surface area contributed by atoms with Gasteiger partial charge >= 0.3 is 0 Å². The van der Waals surface area contributed by atoms with Gasteiger partial charge in [0.25, 0.3) is 0 Å². The molecule has 0 aliphatic heterocycles. The topological polar surface area (TPSA) is 25.8 Å². The van der Waals surface area contributed by atoms with Gasteiger partial charge in [-0.1, -0.05) is 48.6 Å². The number of hydrogen-bond donors (Lipinski definition) is 0. The highest BCUT2D eigenvalue weighted by atomic mass is 14.9. The molecule has 96 valence electrons. The smallest absolute Gasteiger partial charge is 0.126 e. The fraction of sp³-hybridized carbons (Fsp3) is 0.176. The number of benzene rings is 1. The SMILES string of the molecule is C/C=C\C=C(/C)c1cc(-c2ccccc2)nc(C)n1. The number of hydrogen-bond acceptors (Lipinski definition) is 2. The van der Waals surface area contributed by atoms with Gasteiger partial charge in [-0.3, -0.25) is 0 Å². The normalized spacial score (nSPS) is 12.1. The molecule has 1 aromatic heterocycles. The van der Waals surface area contributed by atoms with Crippen LogP contribution in [0.15, 0.2) is 54.6 Å². The van der Waals surface area contributed by atoms with Gasteiger partial charge in [-0.25, -0.2) is 9.97 Å². The molecule has 0 aliphatic rings. The van der Waals surface area contributed by atoms with Crippen molar-refractivity contribution >= 4 is 5.57 Å². The minimum atomic E-state index is 0.796. The number of allylic oxidation sites excluding steroid dienone is 4. The Morgan fingerprint density at radius 2 is 1.84 bits per heavy atom. The molecule has 0 fully saturated rings. The summed E-state index contributed by atoms with van der Waals surface area (Å²) in [6, 6.07) is 12.2. The average molecular weight is 250 g/mol. The monoisotopic (exact) mass is 250 g/mol. The molecule has 0 amide bonds. The van der Waals surface area contributed by atoms with E-state index in [4.69, 9.17) is 0 Å². The van der Waals surface area contributed by atoms with E-state index in [1.807, 2.05) is 50.3 Å². The molecular formula is C17H18N2. The predicted octanol–water partition coefficient (Wildman–Crippen LogP) is 4.43. The average Bonchev–Trinajstić information content (AvgIpc) is 2.45. The van der Waals surface area contributed by atoms with Crippen LogP contribution >= 0.6 is 0 Å². The van der Waals surface area contributed by atoms with Gasteiger partial charge in [-0.15, -0.1) is 0 Å². The number of aromatic nitrogens is 2. The van der Waals surface area contributed by atoms with E-state index < -0.39 is 0 Å². The minimum absolute atomic E-state index is 0.796. The fourth-order valence-electron chi connectivity index (χ4n) is 1.85. The van der Waals surface area contributed by atoms with Crippen LogP contribution in [-0.4, -0.2) is 9.97 Å². The van der Waals surface area contributed by atoms with Crippen molar-refractivity contribution < 1.29 is 0 Å². The van der Waals surface area contributed by atoms with Gasteiger partial charge < -0.3 is 0 Å². The summed E-state index contributed by atoms with van der Waals surface area (Å²) in [6.07, 6.45) is 6.10. The predicted molar refractivity (Wildman–Crippen MR) is 80.7 cm³/mol. The number of rotatable bonds is 3. The molecule has 1 aromatic carbocycles. The second kappa shape index (κ2) is 6.10. The van der Waals surface area contributed by atoms with Crippen molar-refractivity contribution in [3.63, 3.8) is 0 Å². The van der Waals surface area contributed by atoms with Crippen molar-refractivity contribution in [1.29, 1.82) is 0 Å². The first-order chi connectivity index (χ1) is 9.20. The third-order valence-electron chi connectivity index (χ3n) is 2.85. The van der Waals surface area contributed by atoms with Gasteiger partial charge in [-0.05, 0) is 32.4 Å². The van der Waals surface area contributed by atoms with Crippen molar-refractivity contribution in [3.05, 3.63) is 66.1 Å². The van der Waals surface area contributed by atoms with E-state index in [0.29, 0.717) is 0 Å². The molecule has 1 heterocycles. The second-order valence-electron chi connectivity index (χ2n) is 4.43. The molecule has 2 heteroatoms. The van der Waals surface area contributed by atoms with E-state index in [0.717, 1.165) is 28.3 Å². The van der Waals surface area contributed by atoms with Crippen molar-refractivity contribution in [3.8, 4) is 11.3 Å². The van der Waals surface area contributed by atoms with Crippen LogP contribution in [0, 0.1) is 6.92 Å². The molecule has 0 unspecified atom stereocenters. The molecule has 0 saturated carbocycles. The van der Waals surface area contributed by atoms with Gasteiger partial charge in [0.15, 0.2) is 0 Å². The van der Waals surface area contributed by atoms with Crippen LogP contribution in [0.3, 0.4) is 0 Å². The van der Waals surface area contributed by atoms with E-state index in [-0.39, 0.29) is 0 Å². The van der Waals surface area contributed by atoms with Crippen LogP contribution in [0.1, 0.15) is 25.4 Å². The summed E-state index contributed by atoms with van der Waals surface area (Å²) in [7, 11) is 0. The Morgan fingerprint density at radius 1 is 1.11 bits per heavy atom. The second-order valence-corrected chi connectivity index (χ2v) is 4.43. The van der Waals surface area contributed by atoms with Gasteiger partial charge in [-0.2, -0.15) is 0 Å². The summed E-state index contributed by atoms with van der Waals surface area (Å²) in [5, 5.41) is 0. The lowest BCUT2D eigenvalue weighted by molar-refractivity contribution is 1.04. The van der Waals surface area contributed by atoms with Crippen LogP contribution in [0.4, 0.5) is 0 Å². The van der Waals surface area contributed by atoms with Crippen LogP contribution in [-0.2, 0) is 0 Å². The minimum Gasteiger partial charge on any atom is -0.234 e. The van der Waals surface area contributed by atoms with Crippen LogP contribution in [0.2, 0.25) is 0 Å². The summed E-state index contributed by atoms with van der Waals surface area (Å²) in [4.78, 5) is 9.01. The van der Waals surface area contributed by atoms with Crippen molar-refractivity contribution in [2.75, 3.05) is 0 Å². The zero-order valence-corrected chi connectivity index (χ0v) is 11.6. The zero-order chi connectivity index (χ0) is 13.7. The molecule has 0 spiro atoms. The third kappa shape index (κ3) is 3.38. The molecular weight excluding hydrogens is 232 g/mol. The highest BCUT2D eigenvalue weighted by molar-refractivity contribution is 5.68. The van der Waals surface area contributed by atoms with Gasteiger partial charge in [0.2, 0.25) is 0 Å². The number of nitrogens with zero attached hydrogens (tertiary/aromatic N) is 2. The van der Waals surface area contributed by atoms with Gasteiger partial charge in [0.1, 0.15) is 5.82 Å². The number of aryl methyl sites for hydroxylation is 1. The third-order valence-corrected chi connectivity index (χ3v) is 2.85. The van der Waals surface area contributed by atoms with E-state index in [2.05, 4.69) is 35.1 Å². The molecule has 19 heavy (non-hydrogen) atoms. The van der Waals surface area contributed by atoms with Crippen LogP contribution < -0.4 is 0 Å². The lowest BCUT2D eigenvalue weighted by Gasteiger charge is -2.06. The maximum Gasteiger partial charge on any atom is 0.126 e.